The third-order valence-electron chi connectivity index (χ3n) is 8.29. The fourth-order valence-corrected chi connectivity index (χ4v) is 7.22. The van der Waals surface area contributed by atoms with E-state index in [-0.39, 0.29) is 0 Å². The number of Topliss-reactive ketones (excluding diaryl/α,β-unsaturated/α-hetero) is 1. The number of carbonyl (C=O) groups is 1. The van der Waals surface area contributed by atoms with E-state index in [1.54, 1.807) is 5.57 Å². The van der Waals surface area contributed by atoms with Gasteiger partial charge in [-0.1, -0.05) is 18.6 Å². The van der Waals surface area contributed by atoms with E-state index in [1.165, 1.54) is 32.1 Å². The Hall–Kier alpha value is -0.630. The van der Waals surface area contributed by atoms with E-state index < -0.39 is 0 Å². The topological polar surface area (TPSA) is 26.3 Å². The minimum Gasteiger partial charge on any atom is -0.381 e. The molecule has 4 rings (SSSR count). The molecular formula is C21H32O2. The lowest BCUT2D eigenvalue weighted by atomic mass is 9.49. The Morgan fingerprint density at radius 2 is 1.87 bits per heavy atom. The maximum atomic E-state index is 12.0. The Bertz CT molecular complexity index is 522. The second kappa shape index (κ2) is 5.72. The molecule has 2 heteroatoms. The smallest absolute Gasteiger partial charge is 0.133 e. The van der Waals surface area contributed by atoms with Gasteiger partial charge in [-0.2, -0.15) is 0 Å². The first-order valence-electron chi connectivity index (χ1n) is 9.78. The van der Waals surface area contributed by atoms with Crippen molar-refractivity contribution in [2.45, 2.75) is 71.3 Å². The first-order valence-corrected chi connectivity index (χ1v) is 9.78. The fraction of sp³-hybridized carbons (Fsp3) is 0.857. The molecule has 128 valence electrons. The molecule has 4 fully saturated rings. The Morgan fingerprint density at radius 3 is 2.61 bits per heavy atom. The van der Waals surface area contributed by atoms with Crippen LogP contribution in [0.1, 0.15) is 65.2 Å². The Balaban J connectivity index is 1.64. The molecule has 0 unspecified atom stereocenters. The zero-order valence-electron chi connectivity index (χ0n) is 15.0. The SMILES string of the molecule is CC=C1CC[C@H]2[C@@H]3C[C@@H](OC)[C@H]4CC(=O)CC[C@@H]4[C@H]3CC[C@]12C. The van der Waals surface area contributed by atoms with Crippen molar-refractivity contribution in [3.05, 3.63) is 11.6 Å². The van der Waals surface area contributed by atoms with Crippen LogP contribution in [0, 0.1) is 35.0 Å². The molecular weight excluding hydrogens is 284 g/mol. The molecule has 0 heterocycles. The van der Waals surface area contributed by atoms with Crippen LogP contribution in [0.2, 0.25) is 0 Å². The van der Waals surface area contributed by atoms with Crippen molar-refractivity contribution in [2.24, 2.45) is 35.0 Å². The number of carbonyl (C=O) groups excluding carboxylic acids is 1. The van der Waals surface area contributed by atoms with Gasteiger partial charge in [-0.05, 0) is 80.5 Å². The quantitative estimate of drug-likeness (QED) is 0.651. The van der Waals surface area contributed by atoms with Crippen molar-refractivity contribution >= 4 is 5.78 Å². The zero-order valence-corrected chi connectivity index (χ0v) is 15.0. The van der Waals surface area contributed by atoms with Gasteiger partial charge in [0, 0.05) is 20.0 Å². The van der Waals surface area contributed by atoms with E-state index in [1.807, 2.05) is 7.11 Å². The predicted octanol–water partition coefficient (Wildman–Crippen LogP) is 4.78. The van der Waals surface area contributed by atoms with Crippen LogP contribution < -0.4 is 0 Å². The van der Waals surface area contributed by atoms with Gasteiger partial charge in [-0.3, -0.25) is 4.79 Å². The number of methoxy groups -OCH3 is 1. The highest BCUT2D eigenvalue weighted by molar-refractivity contribution is 5.79. The van der Waals surface area contributed by atoms with Crippen LogP contribution in [-0.2, 0) is 9.53 Å². The van der Waals surface area contributed by atoms with E-state index in [0.29, 0.717) is 23.2 Å². The first kappa shape index (κ1) is 15.9. The highest BCUT2D eigenvalue weighted by atomic mass is 16.5. The first-order chi connectivity index (χ1) is 11.1. The highest BCUT2D eigenvalue weighted by Crippen LogP contribution is 2.64. The van der Waals surface area contributed by atoms with Crippen LogP contribution in [0.3, 0.4) is 0 Å². The number of rotatable bonds is 1. The van der Waals surface area contributed by atoms with Gasteiger partial charge in [0.05, 0.1) is 6.10 Å². The predicted molar refractivity (Wildman–Crippen MR) is 92.1 cm³/mol. The van der Waals surface area contributed by atoms with Gasteiger partial charge in [0.25, 0.3) is 0 Å². The number of ketones is 1. The van der Waals surface area contributed by atoms with Gasteiger partial charge in [0.1, 0.15) is 5.78 Å². The molecule has 4 aliphatic carbocycles. The largest absolute Gasteiger partial charge is 0.381 e. The second-order valence-corrected chi connectivity index (χ2v) is 8.86. The summed E-state index contributed by atoms with van der Waals surface area (Å²) in [7, 11) is 1.87. The lowest BCUT2D eigenvalue weighted by Crippen LogP contribution is -2.52. The number of fused-ring (bicyclic) bond motifs is 5. The van der Waals surface area contributed by atoms with Crippen LogP contribution in [0.15, 0.2) is 11.6 Å². The lowest BCUT2D eigenvalue weighted by Gasteiger charge is -2.56. The fourth-order valence-electron chi connectivity index (χ4n) is 7.22. The average molecular weight is 316 g/mol. The average Bonchev–Trinajstić information content (AvgIpc) is 2.90. The van der Waals surface area contributed by atoms with Crippen LogP contribution in [0.4, 0.5) is 0 Å². The van der Waals surface area contributed by atoms with Crippen molar-refractivity contribution in [3.8, 4) is 0 Å². The summed E-state index contributed by atoms with van der Waals surface area (Å²) in [6.07, 6.45) is 12.1. The molecule has 23 heavy (non-hydrogen) atoms. The van der Waals surface area contributed by atoms with Crippen LogP contribution in [0.5, 0.6) is 0 Å². The molecule has 0 radical (unpaired) electrons. The number of allylic oxidation sites excluding steroid dienone is 2. The minimum absolute atomic E-state index is 0.322. The molecule has 2 nitrogen and oxygen atoms in total. The van der Waals surface area contributed by atoms with E-state index in [9.17, 15) is 4.79 Å². The zero-order chi connectivity index (χ0) is 16.2. The van der Waals surface area contributed by atoms with Gasteiger partial charge in [0.2, 0.25) is 0 Å². The Kier molecular flexibility index (Phi) is 3.95. The van der Waals surface area contributed by atoms with Gasteiger partial charge in [-0.15, -0.1) is 0 Å². The van der Waals surface area contributed by atoms with E-state index in [0.717, 1.165) is 42.9 Å². The summed E-state index contributed by atoms with van der Waals surface area (Å²) in [5.41, 5.74) is 2.17. The Morgan fingerprint density at radius 1 is 1.09 bits per heavy atom. The summed E-state index contributed by atoms with van der Waals surface area (Å²) < 4.78 is 5.93. The van der Waals surface area contributed by atoms with Crippen LogP contribution >= 0.6 is 0 Å². The van der Waals surface area contributed by atoms with E-state index >= 15 is 0 Å². The number of ether oxygens (including phenoxy) is 1. The van der Waals surface area contributed by atoms with Crippen LogP contribution in [-0.4, -0.2) is 19.0 Å². The molecule has 7 atom stereocenters. The molecule has 0 aromatic heterocycles. The van der Waals surface area contributed by atoms with Crippen LogP contribution in [0.25, 0.3) is 0 Å². The lowest BCUT2D eigenvalue weighted by molar-refractivity contribution is -0.139. The summed E-state index contributed by atoms with van der Waals surface area (Å²) in [6.45, 7) is 4.77. The second-order valence-electron chi connectivity index (χ2n) is 8.86. The van der Waals surface area contributed by atoms with Crippen molar-refractivity contribution < 1.29 is 9.53 Å². The normalized spacial score (nSPS) is 51.3. The van der Waals surface area contributed by atoms with E-state index in [4.69, 9.17) is 4.74 Å². The van der Waals surface area contributed by atoms with Crippen molar-refractivity contribution in [1.29, 1.82) is 0 Å². The summed E-state index contributed by atoms with van der Waals surface area (Å²) >= 11 is 0. The molecule has 0 aliphatic heterocycles. The minimum atomic E-state index is 0.322. The van der Waals surface area contributed by atoms with Crippen molar-refractivity contribution in [1.82, 2.24) is 0 Å². The summed E-state index contributed by atoms with van der Waals surface area (Å²) in [5, 5.41) is 0. The summed E-state index contributed by atoms with van der Waals surface area (Å²) in [5.74, 6) is 4.26. The van der Waals surface area contributed by atoms with E-state index in [2.05, 4.69) is 19.9 Å². The maximum Gasteiger partial charge on any atom is 0.133 e. The summed E-state index contributed by atoms with van der Waals surface area (Å²) in [4.78, 5) is 12.0. The molecule has 0 bridgehead atoms. The molecule has 0 aromatic rings. The number of hydrogen-bond acceptors (Lipinski definition) is 2. The number of hydrogen-bond donors (Lipinski definition) is 0. The molecule has 0 saturated heterocycles. The van der Waals surface area contributed by atoms with Gasteiger partial charge >= 0.3 is 0 Å². The molecule has 4 saturated carbocycles. The van der Waals surface area contributed by atoms with Gasteiger partial charge in [0.15, 0.2) is 0 Å². The monoisotopic (exact) mass is 316 g/mol. The van der Waals surface area contributed by atoms with Gasteiger partial charge < -0.3 is 4.74 Å². The third-order valence-corrected chi connectivity index (χ3v) is 8.29. The Labute approximate surface area is 141 Å². The molecule has 0 N–H and O–H groups in total. The highest BCUT2D eigenvalue weighted by Gasteiger charge is 2.57. The molecule has 0 aromatic carbocycles. The standard InChI is InChI=1S/C21H32O2/c1-4-13-5-8-19-17-12-20(23-3)18-11-14(22)6-7-15(18)16(17)9-10-21(13,19)2/h4,15-20H,5-12H2,1-3H3/t15-,16-,17-,18+,19+,20-,21-/m1/s1. The van der Waals surface area contributed by atoms with Crippen molar-refractivity contribution in [3.63, 3.8) is 0 Å². The molecule has 0 spiro atoms. The summed E-state index contributed by atoms with van der Waals surface area (Å²) in [6, 6.07) is 0. The third kappa shape index (κ3) is 2.27. The van der Waals surface area contributed by atoms with Crippen molar-refractivity contribution in [2.75, 3.05) is 7.11 Å². The molecule has 0 amide bonds. The molecule has 4 aliphatic rings. The van der Waals surface area contributed by atoms with Gasteiger partial charge in [-0.25, -0.2) is 0 Å². The maximum absolute atomic E-state index is 12.0.